The first-order chi connectivity index (χ1) is 6.76. The molecule has 0 aromatic rings. The Morgan fingerprint density at radius 1 is 1.53 bits per heavy atom. The molecule has 0 heterocycles. The van der Waals surface area contributed by atoms with Gasteiger partial charge < -0.3 is 15.8 Å². The summed E-state index contributed by atoms with van der Waals surface area (Å²) in [5.74, 6) is 0.109. The van der Waals surface area contributed by atoms with Crippen molar-refractivity contribution in [2.75, 3.05) is 13.1 Å². The molecule has 1 unspecified atom stereocenters. The lowest BCUT2D eigenvalue weighted by molar-refractivity contribution is 0.0522. The number of alkyl carbamates (subject to hydrolysis) is 1. The van der Waals surface area contributed by atoms with E-state index in [1.807, 2.05) is 27.7 Å². The fourth-order valence-corrected chi connectivity index (χ4v) is 0.979. The number of hydrogen-bond donors (Lipinski definition) is 2. The summed E-state index contributed by atoms with van der Waals surface area (Å²) in [5.41, 5.74) is 6.03. The Kier molecular flexibility index (Phi) is 5.36. The molecule has 0 saturated carbocycles. The molecule has 0 radical (unpaired) electrons. The van der Waals surface area contributed by atoms with Crippen LogP contribution in [-0.4, -0.2) is 24.8 Å². The Bertz CT molecular complexity index is 231. The van der Waals surface area contributed by atoms with Gasteiger partial charge in [-0.3, -0.25) is 0 Å². The average Bonchev–Trinajstić information content (AvgIpc) is 2.01. The molecule has 0 spiro atoms. The minimum Gasteiger partial charge on any atom is -0.444 e. The van der Waals surface area contributed by atoms with Gasteiger partial charge >= 0.3 is 6.09 Å². The second-order valence-corrected chi connectivity index (χ2v) is 4.66. The molecule has 1 amide bonds. The molecule has 3 N–H and O–H groups in total. The fourth-order valence-electron chi connectivity index (χ4n) is 0.979. The summed E-state index contributed by atoms with van der Waals surface area (Å²) < 4.78 is 5.09. The molecule has 15 heavy (non-hydrogen) atoms. The molecule has 0 aromatic carbocycles. The lowest BCUT2D eigenvalue weighted by atomic mass is 10.0. The monoisotopic (exact) mass is 214 g/mol. The van der Waals surface area contributed by atoms with E-state index in [2.05, 4.69) is 11.9 Å². The van der Waals surface area contributed by atoms with Crippen LogP contribution in [0.3, 0.4) is 0 Å². The van der Waals surface area contributed by atoms with Gasteiger partial charge in [-0.25, -0.2) is 4.79 Å². The second kappa shape index (κ2) is 5.75. The average molecular weight is 214 g/mol. The predicted octanol–water partition coefficient (Wildman–Crippen LogP) is 1.66. The first-order valence-electron chi connectivity index (χ1n) is 5.08. The van der Waals surface area contributed by atoms with Gasteiger partial charge in [0.15, 0.2) is 0 Å². The van der Waals surface area contributed by atoms with Crippen molar-refractivity contribution in [1.29, 1.82) is 0 Å². The number of amides is 1. The van der Waals surface area contributed by atoms with Gasteiger partial charge in [-0.15, -0.1) is 0 Å². The van der Waals surface area contributed by atoms with E-state index in [-0.39, 0.29) is 5.92 Å². The number of hydrogen-bond acceptors (Lipinski definition) is 3. The number of carbonyl (C=O) groups excluding carboxylic acids is 1. The number of carbonyl (C=O) groups is 1. The van der Waals surface area contributed by atoms with Crippen LogP contribution in [0.2, 0.25) is 0 Å². The van der Waals surface area contributed by atoms with Crippen LogP contribution in [0.15, 0.2) is 12.2 Å². The Labute approximate surface area is 91.9 Å². The largest absolute Gasteiger partial charge is 0.444 e. The molecule has 0 bridgehead atoms. The van der Waals surface area contributed by atoms with Gasteiger partial charge in [-0.2, -0.15) is 0 Å². The number of nitrogens with one attached hydrogen (secondary N) is 1. The van der Waals surface area contributed by atoms with Crippen LogP contribution < -0.4 is 11.1 Å². The molecule has 88 valence electrons. The van der Waals surface area contributed by atoms with E-state index in [4.69, 9.17) is 10.5 Å². The molecule has 0 aliphatic rings. The lowest BCUT2D eigenvalue weighted by Crippen LogP contribution is -2.37. The molecule has 4 heteroatoms. The summed E-state index contributed by atoms with van der Waals surface area (Å²) in [6, 6.07) is 0. The molecule has 0 fully saturated rings. The maximum absolute atomic E-state index is 11.3. The van der Waals surface area contributed by atoms with Crippen LogP contribution >= 0.6 is 0 Å². The van der Waals surface area contributed by atoms with E-state index >= 15 is 0 Å². The molecule has 0 rings (SSSR count). The molecular weight excluding hydrogens is 192 g/mol. The SMILES string of the molecule is C=C(C)C(CN)CNC(=O)OC(C)(C)C. The smallest absolute Gasteiger partial charge is 0.407 e. The Morgan fingerprint density at radius 3 is 2.40 bits per heavy atom. The standard InChI is InChI=1S/C11H22N2O2/c1-8(2)9(6-12)7-13-10(14)15-11(3,4)5/h9H,1,6-7,12H2,2-5H3,(H,13,14). The van der Waals surface area contributed by atoms with E-state index < -0.39 is 11.7 Å². The second-order valence-electron chi connectivity index (χ2n) is 4.66. The highest BCUT2D eigenvalue weighted by molar-refractivity contribution is 5.67. The molecular formula is C11H22N2O2. The summed E-state index contributed by atoms with van der Waals surface area (Å²) in [5, 5.41) is 2.67. The zero-order valence-corrected chi connectivity index (χ0v) is 10.1. The fraction of sp³-hybridized carbons (Fsp3) is 0.727. The summed E-state index contributed by atoms with van der Waals surface area (Å²) in [6.07, 6.45) is -0.415. The maximum atomic E-state index is 11.3. The normalized spacial score (nSPS) is 13.1. The summed E-state index contributed by atoms with van der Waals surface area (Å²) in [7, 11) is 0. The van der Waals surface area contributed by atoms with E-state index in [1.54, 1.807) is 0 Å². The van der Waals surface area contributed by atoms with Crippen molar-refractivity contribution in [3.8, 4) is 0 Å². The van der Waals surface area contributed by atoms with Gasteiger partial charge in [0.2, 0.25) is 0 Å². The summed E-state index contributed by atoms with van der Waals surface area (Å²) >= 11 is 0. The highest BCUT2D eigenvalue weighted by atomic mass is 16.6. The van der Waals surface area contributed by atoms with Gasteiger partial charge in [0.1, 0.15) is 5.60 Å². The first-order valence-corrected chi connectivity index (χ1v) is 5.08. The third kappa shape index (κ3) is 6.96. The van der Waals surface area contributed by atoms with Crippen molar-refractivity contribution in [2.24, 2.45) is 11.7 Å². The summed E-state index contributed by atoms with van der Waals surface area (Å²) in [4.78, 5) is 11.3. The Hall–Kier alpha value is -1.03. The zero-order chi connectivity index (χ0) is 12.1. The van der Waals surface area contributed by atoms with Crippen molar-refractivity contribution in [2.45, 2.75) is 33.3 Å². The van der Waals surface area contributed by atoms with Crippen LogP contribution in [0.4, 0.5) is 4.79 Å². The Balaban J connectivity index is 3.94. The number of rotatable bonds is 4. The molecule has 1 atom stereocenters. The lowest BCUT2D eigenvalue weighted by Gasteiger charge is -2.21. The van der Waals surface area contributed by atoms with Crippen LogP contribution in [0.25, 0.3) is 0 Å². The zero-order valence-electron chi connectivity index (χ0n) is 10.1. The van der Waals surface area contributed by atoms with Gasteiger partial charge in [0, 0.05) is 19.0 Å². The van der Waals surface area contributed by atoms with Crippen molar-refractivity contribution in [1.82, 2.24) is 5.32 Å². The van der Waals surface area contributed by atoms with Gasteiger partial charge in [-0.05, 0) is 27.7 Å². The van der Waals surface area contributed by atoms with Crippen LogP contribution in [0.1, 0.15) is 27.7 Å². The predicted molar refractivity (Wildman–Crippen MR) is 61.6 cm³/mol. The van der Waals surface area contributed by atoms with Gasteiger partial charge in [-0.1, -0.05) is 12.2 Å². The van der Waals surface area contributed by atoms with Crippen LogP contribution in [-0.2, 0) is 4.74 Å². The van der Waals surface area contributed by atoms with E-state index in [9.17, 15) is 4.79 Å². The van der Waals surface area contributed by atoms with Crippen molar-refractivity contribution in [3.05, 3.63) is 12.2 Å². The van der Waals surface area contributed by atoms with Crippen molar-refractivity contribution in [3.63, 3.8) is 0 Å². The third-order valence-electron chi connectivity index (χ3n) is 1.87. The molecule has 4 nitrogen and oxygen atoms in total. The molecule has 0 aliphatic heterocycles. The maximum Gasteiger partial charge on any atom is 0.407 e. The van der Waals surface area contributed by atoms with Crippen LogP contribution in [0, 0.1) is 5.92 Å². The highest BCUT2D eigenvalue weighted by Crippen LogP contribution is 2.08. The van der Waals surface area contributed by atoms with Gasteiger partial charge in [0.05, 0.1) is 0 Å². The Morgan fingerprint density at radius 2 is 2.07 bits per heavy atom. The van der Waals surface area contributed by atoms with Gasteiger partial charge in [0.25, 0.3) is 0 Å². The van der Waals surface area contributed by atoms with E-state index in [0.717, 1.165) is 5.57 Å². The molecule has 0 aliphatic carbocycles. The third-order valence-corrected chi connectivity index (χ3v) is 1.87. The minimum absolute atomic E-state index is 0.109. The van der Waals surface area contributed by atoms with Crippen molar-refractivity contribution < 1.29 is 9.53 Å². The topological polar surface area (TPSA) is 64.3 Å². The molecule has 0 aromatic heterocycles. The van der Waals surface area contributed by atoms with E-state index in [0.29, 0.717) is 13.1 Å². The van der Waals surface area contributed by atoms with Crippen molar-refractivity contribution >= 4 is 6.09 Å². The number of ether oxygens (including phenoxy) is 1. The molecule has 0 saturated heterocycles. The quantitative estimate of drug-likeness (QED) is 0.699. The summed E-state index contributed by atoms with van der Waals surface area (Å²) in [6.45, 7) is 12.1. The minimum atomic E-state index is -0.467. The highest BCUT2D eigenvalue weighted by Gasteiger charge is 2.17. The van der Waals surface area contributed by atoms with E-state index in [1.165, 1.54) is 0 Å². The number of nitrogens with two attached hydrogens (primary N) is 1. The first kappa shape index (κ1) is 14.0. The van der Waals surface area contributed by atoms with Crippen LogP contribution in [0.5, 0.6) is 0 Å².